The lowest BCUT2D eigenvalue weighted by molar-refractivity contribution is -0.163. The fourth-order valence-electron chi connectivity index (χ4n) is 1.96. The highest BCUT2D eigenvalue weighted by molar-refractivity contribution is 5.99. The minimum atomic E-state index is -4.72. The minimum Gasteiger partial charge on any atom is -0.378 e. The molecule has 0 unspecified atom stereocenters. The molecule has 0 atom stereocenters. The number of nitrogens with one attached hydrogen (secondary N) is 1. The van der Waals surface area contributed by atoms with Gasteiger partial charge in [0.05, 0.1) is 24.6 Å². The first-order valence-corrected chi connectivity index (χ1v) is 6.32. The second-order valence-electron chi connectivity index (χ2n) is 4.49. The maximum atomic E-state index is 13.0. The summed E-state index contributed by atoms with van der Waals surface area (Å²) in [5.74, 6) is -6.74. The number of nitrogens with zero attached hydrogens (tertiary/aromatic N) is 1. The summed E-state index contributed by atoms with van der Waals surface area (Å²) < 4.78 is 55.6. The summed E-state index contributed by atoms with van der Waals surface area (Å²) in [7, 11) is 0. The number of carbonyl (C=O) groups is 1. The Morgan fingerprint density at radius 3 is 2.48 bits per heavy atom. The number of alkyl halides is 4. The summed E-state index contributed by atoms with van der Waals surface area (Å²) in [4.78, 5) is 13.2. The first-order valence-electron chi connectivity index (χ1n) is 6.32. The van der Waals surface area contributed by atoms with Gasteiger partial charge in [-0.1, -0.05) is 12.1 Å². The Balaban J connectivity index is 2.18. The van der Waals surface area contributed by atoms with Gasteiger partial charge >= 0.3 is 18.3 Å². The minimum absolute atomic E-state index is 0.0738. The lowest BCUT2D eigenvalue weighted by Gasteiger charge is -2.30. The van der Waals surface area contributed by atoms with Crippen LogP contribution in [0.2, 0.25) is 0 Å². The zero-order valence-electron chi connectivity index (χ0n) is 11.0. The topological polar surface area (TPSA) is 41.6 Å². The fraction of sp³-hybridized carbons (Fsp3) is 0.462. The van der Waals surface area contributed by atoms with E-state index in [4.69, 9.17) is 4.74 Å². The van der Waals surface area contributed by atoms with Gasteiger partial charge in [-0.15, -0.1) is 0 Å². The van der Waals surface area contributed by atoms with Crippen LogP contribution in [-0.4, -0.2) is 44.6 Å². The molecule has 1 heterocycles. The highest BCUT2D eigenvalue weighted by Crippen LogP contribution is 2.30. The van der Waals surface area contributed by atoms with Crippen molar-refractivity contribution in [3.8, 4) is 0 Å². The summed E-state index contributed by atoms with van der Waals surface area (Å²) in [6.07, 6.45) is -4.05. The lowest BCUT2D eigenvalue weighted by Crippen LogP contribution is -2.42. The van der Waals surface area contributed by atoms with Crippen molar-refractivity contribution >= 4 is 17.3 Å². The first-order chi connectivity index (χ1) is 9.93. The number of halogens is 4. The SMILES string of the molecule is O=C(Nc1ccccc1N1CCOCC1)C(F)(F)C(F)F. The number of rotatable bonds is 4. The lowest BCUT2D eigenvalue weighted by atomic mass is 10.2. The van der Waals surface area contributed by atoms with E-state index in [2.05, 4.69) is 0 Å². The van der Waals surface area contributed by atoms with Crippen molar-refractivity contribution in [2.24, 2.45) is 0 Å². The third-order valence-electron chi connectivity index (χ3n) is 3.08. The van der Waals surface area contributed by atoms with Crippen LogP contribution in [-0.2, 0) is 9.53 Å². The van der Waals surface area contributed by atoms with Crippen molar-refractivity contribution in [3.63, 3.8) is 0 Å². The van der Waals surface area contributed by atoms with Crippen LogP contribution in [0, 0.1) is 0 Å². The second-order valence-corrected chi connectivity index (χ2v) is 4.49. The van der Waals surface area contributed by atoms with E-state index in [1.165, 1.54) is 12.1 Å². The number of hydrogen-bond donors (Lipinski definition) is 1. The van der Waals surface area contributed by atoms with Gasteiger partial charge in [0.15, 0.2) is 0 Å². The molecule has 0 aliphatic carbocycles. The molecule has 21 heavy (non-hydrogen) atoms. The van der Waals surface area contributed by atoms with Crippen LogP contribution in [0.3, 0.4) is 0 Å². The van der Waals surface area contributed by atoms with Gasteiger partial charge in [0, 0.05) is 13.1 Å². The van der Waals surface area contributed by atoms with Gasteiger partial charge in [0.25, 0.3) is 0 Å². The maximum Gasteiger partial charge on any atom is 0.383 e. The molecule has 1 amide bonds. The number of anilines is 2. The number of amides is 1. The zero-order valence-corrected chi connectivity index (χ0v) is 11.0. The van der Waals surface area contributed by atoms with Gasteiger partial charge in [-0.05, 0) is 12.1 Å². The highest BCUT2D eigenvalue weighted by atomic mass is 19.3. The Kier molecular flexibility index (Phi) is 4.66. The van der Waals surface area contributed by atoms with Gasteiger partial charge < -0.3 is 15.0 Å². The smallest absolute Gasteiger partial charge is 0.378 e. The quantitative estimate of drug-likeness (QED) is 0.868. The molecule has 1 aliphatic heterocycles. The average molecular weight is 306 g/mol. The Morgan fingerprint density at radius 1 is 1.24 bits per heavy atom. The molecule has 1 aromatic rings. The molecular formula is C13H14F4N2O2. The number of carbonyl (C=O) groups excluding carboxylic acids is 1. The molecule has 116 valence electrons. The van der Waals surface area contributed by atoms with E-state index < -0.39 is 18.3 Å². The molecule has 2 rings (SSSR count). The van der Waals surface area contributed by atoms with Crippen molar-refractivity contribution < 1.29 is 27.1 Å². The predicted octanol–water partition coefficient (Wildman–Crippen LogP) is 2.36. The van der Waals surface area contributed by atoms with E-state index in [0.29, 0.717) is 32.0 Å². The first kappa shape index (κ1) is 15.6. The van der Waals surface area contributed by atoms with Crippen molar-refractivity contribution in [1.29, 1.82) is 0 Å². The van der Waals surface area contributed by atoms with E-state index in [0.717, 1.165) is 0 Å². The molecule has 0 saturated carbocycles. The van der Waals surface area contributed by atoms with E-state index in [9.17, 15) is 22.4 Å². The second kappa shape index (κ2) is 6.30. The standard InChI is InChI=1S/C13H14F4N2O2/c14-11(15)13(16,17)12(20)18-9-3-1-2-4-10(9)19-5-7-21-8-6-19/h1-4,11H,5-8H2,(H,18,20). The molecule has 1 saturated heterocycles. The van der Waals surface area contributed by atoms with Gasteiger partial charge in [0.2, 0.25) is 0 Å². The number of hydrogen-bond acceptors (Lipinski definition) is 3. The average Bonchev–Trinajstić information content (AvgIpc) is 2.48. The predicted molar refractivity (Wildman–Crippen MR) is 69.1 cm³/mol. The molecule has 1 N–H and O–H groups in total. The van der Waals surface area contributed by atoms with Crippen LogP contribution in [0.5, 0.6) is 0 Å². The van der Waals surface area contributed by atoms with Gasteiger partial charge in [-0.25, -0.2) is 8.78 Å². The number of para-hydroxylation sites is 2. The van der Waals surface area contributed by atoms with E-state index >= 15 is 0 Å². The largest absolute Gasteiger partial charge is 0.383 e. The van der Waals surface area contributed by atoms with Gasteiger partial charge in [0.1, 0.15) is 0 Å². The van der Waals surface area contributed by atoms with E-state index in [-0.39, 0.29) is 5.69 Å². The summed E-state index contributed by atoms with van der Waals surface area (Å²) in [6, 6.07) is 6.22. The molecule has 0 aromatic heterocycles. The number of ether oxygens (including phenoxy) is 1. The monoisotopic (exact) mass is 306 g/mol. The zero-order chi connectivity index (χ0) is 15.5. The molecule has 1 aliphatic rings. The number of morpholine rings is 1. The molecule has 8 heteroatoms. The van der Waals surface area contributed by atoms with Crippen LogP contribution in [0.25, 0.3) is 0 Å². The van der Waals surface area contributed by atoms with Crippen LogP contribution >= 0.6 is 0 Å². The molecule has 1 aromatic carbocycles. The van der Waals surface area contributed by atoms with Crippen molar-refractivity contribution in [3.05, 3.63) is 24.3 Å². The van der Waals surface area contributed by atoms with Crippen molar-refractivity contribution in [1.82, 2.24) is 0 Å². The Hall–Kier alpha value is -1.83. The molecule has 0 radical (unpaired) electrons. The Labute approximate surface area is 118 Å². The molecule has 4 nitrogen and oxygen atoms in total. The molecule has 0 bridgehead atoms. The highest BCUT2D eigenvalue weighted by Gasteiger charge is 2.49. The molecule has 1 fully saturated rings. The summed E-state index contributed by atoms with van der Waals surface area (Å²) >= 11 is 0. The fourth-order valence-corrected chi connectivity index (χ4v) is 1.96. The van der Waals surface area contributed by atoms with Crippen molar-refractivity contribution in [2.45, 2.75) is 12.3 Å². The molecule has 0 spiro atoms. The Morgan fingerprint density at radius 2 is 1.86 bits per heavy atom. The van der Waals surface area contributed by atoms with Crippen LogP contribution in [0.15, 0.2) is 24.3 Å². The van der Waals surface area contributed by atoms with Crippen molar-refractivity contribution in [2.75, 3.05) is 36.5 Å². The maximum absolute atomic E-state index is 13.0. The molecular weight excluding hydrogens is 292 g/mol. The van der Waals surface area contributed by atoms with Gasteiger partial charge in [-0.2, -0.15) is 8.78 Å². The van der Waals surface area contributed by atoms with E-state index in [1.54, 1.807) is 12.1 Å². The van der Waals surface area contributed by atoms with Crippen LogP contribution < -0.4 is 10.2 Å². The third-order valence-corrected chi connectivity index (χ3v) is 3.08. The summed E-state index contributed by atoms with van der Waals surface area (Å²) in [5, 5.41) is 1.88. The number of benzene rings is 1. The summed E-state index contributed by atoms with van der Waals surface area (Å²) in [6.45, 7) is 1.99. The van der Waals surface area contributed by atoms with E-state index in [1.807, 2.05) is 10.2 Å². The van der Waals surface area contributed by atoms with Crippen LogP contribution in [0.1, 0.15) is 0 Å². The third kappa shape index (κ3) is 3.44. The van der Waals surface area contributed by atoms with Crippen LogP contribution in [0.4, 0.5) is 28.9 Å². The van der Waals surface area contributed by atoms with Gasteiger partial charge in [-0.3, -0.25) is 4.79 Å². The Bertz CT molecular complexity index is 505. The summed E-state index contributed by atoms with van der Waals surface area (Å²) in [5.41, 5.74) is 0.573. The normalized spacial score (nSPS) is 16.1.